The van der Waals surface area contributed by atoms with Gasteiger partial charge in [0.15, 0.2) is 15.7 Å². The molecule has 1 heterocycles. The lowest BCUT2D eigenvalue weighted by Gasteiger charge is -2.16. The summed E-state index contributed by atoms with van der Waals surface area (Å²) < 4.78 is 27.2. The second-order valence-corrected chi connectivity index (χ2v) is 6.57. The molecule has 1 saturated carbocycles. The average molecular weight is 258 g/mol. The SMILES string of the molecule is CS(=O)(=O)Cc1noc(C2CCC(=O)CC2)n1. The van der Waals surface area contributed by atoms with E-state index < -0.39 is 9.84 Å². The zero-order chi connectivity index (χ0) is 12.5. The van der Waals surface area contributed by atoms with Gasteiger partial charge in [-0.2, -0.15) is 4.98 Å². The van der Waals surface area contributed by atoms with E-state index in [2.05, 4.69) is 10.1 Å². The van der Waals surface area contributed by atoms with E-state index in [1.165, 1.54) is 0 Å². The zero-order valence-electron chi connectivity index (χ0n) is 9.55. The van der Waals surface area contributed by atoms with Crippen molar-refractivity contribution >= 4 is 15.6 Å². The molecule has 0 unspecified atom stereocenters. The first-order valence-corrected chi connectivity index (χ1v) is 7.52. The van der Waals surface area contributed by atoms with Crippen LogP contribution in [0.5, 0.6) is 0 Å². The fourth-order valence-corrected chi connectivity index (χ4v) is 2.50. The van der Waals surface area contributed by atoms with Gasteiger partial charge in [0.2, 0.25) is 5.89 Å². The molecule has 0 aliphatic heterocycles. The van der Waals surface area contributed by atoms with E-state index in [1.54, 1.807) is 0 Å². The van der Waals surface area contributed by atoms with Crippen LogP contribution >= 0.6 is 0 Å². The minimum absolute atomic E-state index is 0.0912. The van der Waals surface area contributed by atoms with Crippen molar-refractivity contribution in [1.82, 2.24) is 10.1 Å². The highest BCUT2D eigenvalue weighted by Crippen LogP contribution is 2.29. The normalized spacial score (nSPS) is 18.5. The maximum atomic E-state index is 11.1. The fraction of sp³-hybridized carbons (Fsp3) is 0.700. The van der Waals surface area contributed by atoms with Crippen LogP contribution in [0.25, 0.3) is 0 Å². The Morgan fingerprint density at radius 3 is 2.59 bits per heavy atom. The van der Waals surface area contributed by atoms with Gasteiger partial charge in [0, 0.05) is 25.0 Å². The molecule has 0 radical (unpaired) electrons. The van der Waals surface area contributed by atoms with Gasteiger partial charge in [-0.05, 0) is 12.8 Å². The zero-order valence-corrected chi connectivity index (χ0v) is 10.4. The predicted molar refractivity (Wildman–Crippen MR) is 59.1 cm³/mol. The summed E-state index contributed by atoms with van der Waals surface area (Å²) in [6.07, 6.45) is 3.61. The van der Waals surface area contributed by atoms with Crippen LogP contribution in [0.1, 0.15) is 43.3 Å². The Bertz CT molecular complexity index is 510. The van der Waals surface area contributed by atoms with E-state index in [0.717, 1.165) is 6.26 Å². The van der Waals surface area contributed by atoms with Crippen LogP contribution in [0.3, 0.4) is 0 Å². The van der Waals surface area contributed by atoms with Crippen molar-refractivity contribution < 1.29 is 17.7 Å². The van der Waals surface area contributed by atoms with Gasteiger partial charge >= 0.3 is 0 Å². The third-order valence-corrected chi connectivity index (χ3v) is 3.55. The summed E-state index contributed by atoms with van der Waals surface area (Å²) in [6.45, 7) is 0. The van der Waals surface area contributed by atoms with Crippen molar-refractivity contribution in [3.63, 3.8) is 0 Å². The molecule has 1 aliphatic rings. The quantitative estimate of drug-likeness (QED) is 0.798. The summed E-state index contributed by atoms with van der Waals surface area (Å²) in [5, 5.41) is 3.65. The number of ketones is 1. The van der Waals surface area contributed by atoms with Gasteiger partial charge in [-0.3, -0.25) is 4.79 Å². The minimum Gasteiger partial charge on any atom is -0.339 e. The number of hydrogen-bond donors (Lipinski definition) is 0. The maximum absolute atomic E-state index is 11.1. The molecular weight excluding hydrogens is 244 g/mol. The molecule has 0 bridgehead atoms. The van der Waals surface area contributed by atoms with E-state index in [1.807, 2.05) is 0 Å². The summed E-state index contributed by atoms with van der Waals surface area (Å²) in [7, 11) is -3.14. The molecule has 0 aromatic carbocycles. The second kappa shape index (κ2) is 4.56. The molecule has 1 aromatic rings. The van der Waals surface area contributed by atoms with Crippen molar-refractivity contribution in [3.8, 4) is 0 Å². The standard InChI is InChI=1S/C10H14N2O4S/c1-17(14,15)6-9-11-10(16-12-9)7-2-4-8(13)5-3-7/h7H,2-6H2,1H3. The van der Waals surface area contributed by atoms with Crippen LogP contribution in [0.15, 0.2) is 4.52 Å². The number of sulfone groups is 1. The van der Waals surface area contributed by atoms with E-state index >= 15 is 0 Å². The second-order valence-electron chi connectivity index (χ2n) is 4.43. The van der Waals surface area contributed by atoms with Crippen LogP contribution in [0.2, 0.25) is 0 Å². The number of nitrogens with zero attached hydrogens (tertiary/aromatic N) is 2. The average Bonchev–Trinajstić information content (AvgIpc) is 2.64. The summed E-state index contributed by atoms with van der Waals surface area (Å²) in [4.78, 5) is 15.2. The lowest BCUT2D eigenvalue weighted by molar-refractivity contribution is -0.120. The predicted octanol–water partition coefficient (Wildman–Crippen LogP) is 0.841. The van der Waals surface area contributed by atoms with Gasteiger partial charge in [0.05, 0.1) is 0 Å². The Labute approximate surface area is 99.3 Å². The van der Waals surface area contributed by atoms with Crippen LogP contribution in [0, 0.1) is 0 Å². The first-order valence-electron chi connectivity index (χ1n) is 5.46. The van der Waals surface area contributed by atoms with Crippen LogP contribution in [-0.2, 0) is 20.4 Å². The summed E-state index contributed by atoms with van der Waals surface area (Å²) in [5.74, 6) is 0.795. The molecule has 0 spiro atoms. The summed E-state index contributed by atoms with van der Waals surface area (Å²) in [6, 6.07) is 0. The van der Waals surface area contributed by atoms with Gasteiger partial charge in [0.25, 0.3) is 0 Å². The molecular formula is C10H14N2O4S. The van der Waals surface area contributed by atoms with Gasteiger partial charge < -0.3 is 4.52 Å². The number of carbonyl (C=O) groups is 1. The smallest absolute Gasteiger partial charge is 0.229 e. The number of hydrogen-bond acceptors (Lipinski definition) is 6. The van der Waals surface area contributed by atoms with Gasteiger partial charge in [-0.25, -0.2) is 8.42 Å². The van der Waals surface area contributed by atoms with E-state index in [-0.39, 0.29) is 23.3 Å². The maximum Gasteiger partial charge on any atom is 0.229 e. The number of carbonyl (C=O) groups excluding carboxylic acids is 1. The topological polar surface area (TPSA) is 90.1 Å². The lowest BCUT2D eigenvalue weighted by atomic mass is 9.88. The van der Waals surface area contributed by atoms with E-state index in [0.29, 0.717) is 31.6 Å². The minimum atomic E-state index is -3.14. The van der Waals surface area contributed by atoms with Crippen molar-refractivity contribution in [2.45, 2.75) is 37.4 Å². The largest absolute Gasteiger partial charge is 0.339 e. The molecule has 1 aliphatic carbocycles. The molecule has 7 heteroatoms. The molecule has 0 amide bonds. The number of Topliss-reactive ketones (excluding diaryl/α,β-unsaturated/α-hetero) is 1. The lowest BCUT2D eigenvalue weighted by Crippen LogP contribution is -2.12. The van der Waals surface area contributed by atoms with Crippen molar-refractivity contribution in [3.05, 3.63) is 11.7 Å². The third-order valence-electron chi connectivity index (χ3n) is 2.77. The highest BCUT2D eigenvalue weighted by Gasteiger charge is 2.25. The van der Waals surface area contributed by atoms with Crippen LogP contribution in [0.4, 0.5) is 0 Å². The molecule has 0 saturated heterocycles. The highest BCUT2D eigenvalue weighted by molar-refractivity contribution is 7.89. The Morgan fingerprint density at radius 2 is 2.00 bits per heavy atom. The molecule has 0 atom stereocenters. The Kier molecular flexibility index (Phi) is 3.28. The van der Waals surface area contributed by atoms with Crippen molar-refractivity contribution in [2.75, 3.05) is 6.26 Å². The van der Waals surface area contributed by atoms with Crippen LogP contribution in [-0.4, -0.2) is 30.6 Å². The van der Waals surface area contributed by atoms with Gasteiger partial charge in [-0.1, -0.05) is 5.16 Å². The summed E-state index contributed by atoms with van der Waals surface area (Å²) >= 11 is 0. The Morgan fingerprint density at radius 1 is 1.35 bits per heavy atom. The Balaban J connectivity index is 2.05. The molecule has 2 rings (SSSR count). The van der Waals surface area contributed by atoms with Crippen molar-refractivity contribution in [2.24, 2.45) is 0 Å². The fourth-order valence-electron chi connectivity index (χ4n) is 1.91. The van der Waals surface area contributed by atoms with Crippen molar-refractivity contribution in [1.29, 1.82) is 0 Å². The molecule has 1 aromatic heterocycles. The first kappa shape index (κ1) is 12.2. The monoisotopic (exact) mass is 258 g/mol. The number of rotatable bonds is 3. The molecule has 0 N–H and O–H groups in total. The van der Waals surface area contributed by atoms with Crippen LogP contribution < -0.4 is 0 Å². The molecule has 17 heavy (non-hydrogen) atoms. The molecule has 1 fully saturated rings. The van der Waals surface area contributed by atoms with E-state index in [9.17, 15) is 13.2 Å². The Hall–Kier alpha value is -1.24. The van der Waals surface area contributed by atoms with Gasteiger partial charge in [-0.15, -0.1) is 0 Å². The van der Waals surface area contributed by atoms with E-state index in [4.69, 9.17) is 4.52 Å². The summed E-state index contributed by atoms with van der Waals surface area (Å²) in [5.41, 5.74) is 0. The number of aromatic nitrogens is 2. The first-order chi connectivity index (χ1) is 7.94. The third kappa shape index (κ3) is 3.36. The van der Waals surface area contributed by atoms with Gasteiger partial charge in [0.1, 0.15) is 11.5 Å². The highest BCUT2D eigenvalue weighted by atomic mass is 32.2. The molecule has 6 nitrogen and oxygen atoms in total. The molecule has 94 valence electrons.